The molecule has 0 amide bonds. The van der Waals surface area contributed by atoms with Gasteiger partial charge >= 0.3 is 5.97 Å². The minimum absolute atomic E-state index is 0.113. The largest absolute Gasteiger partial charge is 0.416 e. The fourth-order valence-corrected chi connectivity index (χ4v) is 2.56. The molecule has 3 aromatic rings. The van der Waals surface area contributed by atoms with Crippen LogP contribution in [0.1, 0.15) is 22.8 Å². The van der Waals surface area contributed by atoms with Gasteiger partial charge in [-0.1, -0.05) is 43.3 Å². The van der Waals surface area contributed by atoms with Crippen molar-refractivity contribution >= 4 is 5.97 Å². The number of rotatable bonds is 4. The summed E-state index contributed by atoms with van der Waals surface area (Å²) in [5, 5.41) is 0. The van der Waals surface area contributed by atoms with Crippen molar-refractivity contribution in [3.63, 3.8) is 0 Å². The van der Waals surface area contributed by atoms with Crippen molar-refractivity contribution in [2.24, 2.45) is 0 Å². The summed E-state index contributed by atoms with van der Waals surface area (Å²) < 4.78 is 71.1. The number of carbonyl (C=O) groups is 1. The van der Waals surface area contributed by atoms with Crippen molar-refractivity contribution in [3.8, 4) is 16.9 Å². The van der Waals surface area contributed by atoms with Crippen LogP contribution >= 0.6 is 0 Å². The van der Waals surface area contributed by atoms with E-state index in [1.165, 1.54) is 12.1 Å². The minimum atomic E-state index is -2.33. The third kappa shape index (κ3) is 3.60. The molecule has 0 heterocycles. The molecule has 0 radical (unpaired) electrons. The Kier molecular flexibility index (Phi) is 5.44. The molecule has 144 valence electrons. The quantitative estimate of drug-likeness (QED) is 0.184. The highest BCUT2D eigenvalue weighted by atomic mass is 19.2. The van der Waals surface area contributed by atoms with E-state index < -0.39 is 40.8 Å². The highest BCUT2D eigenvalue weighted by Crippen LogP contribution is 2.30. The van der Waals surface area contributed by atoms with E-state index in [0.717, 1.165) is 23.1 Å². The van der Waals surface area contributed by atoms with Crippen LogP contribution in [0.4, 0.5) is 22.0 Å². The van der Waals surface area contributed by atoms with E-state index in [-0.39, 0.29) is 5.56 Å². The second kappa shape index (κ2) is 7.80. The SMILES string of the molecule is CCc1ccc(-c2ccc(C(=O)Oc3c(F)c(F)c(F)c(F)c3F)cc2)cc1. The van der Waals surface area contributed by atoms with Crippen molar-refractivity contribution in [1.82, 2.24) is 0 Å². The Balaban J connectivity index is 1.84. The number of hydrogen-bond donors (Lipinski definition) is 0. The molecule has 0 bridgehead atoms. The van der Waals surface area contributed by atoms with Gasteiger partial charge in [0, 0.05) is 0 Å². The maximum absolute atomic E-state index is 13.6. The zero-order valence-electron chi connectivity index (χ0n) is 14.5. The molecule has 3 aromatic carbocycles. The molecule has 7 heteroatoms. The first-order chi connectivity index (χ1) is 13.3. The Morgan fingerprint density at radius 1 is 0.714 bits per heavy atom. The lowest BCUT2D eigenvalue weighted by molar-refractivity contribution is 0.0716. The number of aryl methyl sites for hydroxylation is 1. The fourth-order valence-electron chi connectivity index (χ4n) is 2.56. The molecule has 0 unspecified atom stereocenters. The van der Waals surface area contributed by atoms with Gasteiger partial charge in [-0.25, -0.2) is 18.0 Å². The van der Waals surface area contributed by atoms with E-state index >= 15 is 0 Å². The van der Waals surface area contributed by atoms with Crippen molar-refractivity contribution in [3.05, 3.63) is 88.7 Å². The van der Waals surface area contributed by atoms with Crippen LogP contribution in [0.3, 0.4) is 0 Å². The van der Waals surface area contributed by atoms with Crippen LogP contribution in [0.15, 0.2) is 48.5 Å². The Bertz CT molecular complexity index is 999. The van der Waals surface area contributed by atoms with Crippen LogP contribution in [-0.4, -0.2) is 5.97 Å². The Morgan fingerprint density at radius 3 is 1.61 bits per heavy atom. The smallest absolute Gasteiger partial charge is 0.343 e. The molecule has 0 spiro atoms. The predicted molar refractivity (Wildman–Crippen MR) is 92.4 cm³/mol. The number of benzene rings is 3. The molecule has 3 rings (SSSR count). The first kappa shape index (κ1) is 19.5. The highest BCUT2D eigenvalue weighted by Gasteiger charge is 2.28. The van der Waals surface area contributed by atoms with Gasteiger partial charge in [-0.15, -0.1) is 0 Å². The first-order valence-electron chi connectivity index (χ1n) is 8.26. The average molecular weight is 392 g/mol. The van der Waals surface area contributed by atoms with Gasteiger partial charge in [-0.2, -0.15) is 8.78 Å². The lowest BCUT2D eigenvalue weighted by Gasteiger charge is -2.09. The van der Waals surface area contributed by atoms with Gasteiger partial charge in [0.05, 0.1) is 5.56 Å². The van der Waals surface area contributed by atoms with Crippen LogP contribution in [0, 0.1) is 29.1 Å². The average Bonchev–Trinajstić information content (AvgIpc) is 2.74. The van der Waals surface area contributed by atoms with Gasteiger partial charge < -0.3 is 4.74 Å². The third-order valence-corrected chi connectivity index (χ3v) is 4.18. The molecule has 0 atom stereocenters. The third-order valence-electron chi connectivity index (χ3n) is 4.18. The summed E-state index contributed by atoms with van der Waals surface area (Å²) in [6.07, 6.45) is 0.892. The molecule has 0 saturated heterocycles. The summed E-state index contributed by atoms with van der Waals surface area (Å²) in [5.41, 5.74) is 2.71. The second-order valence-electron chi connectivity index (χ2n) is 5.92. The van der Waals surface area contributed by atoms with E-state index in [1.54, 1.807) is 12.1 Å². The van der Waals surface area contributed by atoms with E-state index in [4.69, 9.17) is 0 Å². The summed E-state index contributed by atoms with van der Waals surface area (Å²) >= 11 is 0. The lowest BCUT2D eigenvalue weighted by Crippen LogP contribution is -2.13. The number of carbonyl (C=O) groups excluding carboxylic acids is 1. The monoisotopic (exact) mass is 392 g/mol. The van der Waals surface area contributed by atoms with Crippen molar-refractivity contribution in [1.29, 1.82) is 0 Å². The molecular weight excluding hydrogens is 379 g/mol. The van der Waals surface area contributed by atoms with Crippen LogP contribution < -0.4 is 4.74 Å². The summed E-state index contributed by atoms with van der Waals surface area (Å²) in [5.74, 6) is -14.0. The standard InChI is InChI=1S/C21H13F5O2/c1-2-11-3-5-12(6-4-11)13-7-9-14(10-8-13)21(27)28-20-18(25)16(23)15(22)17(24)19(20)26/h3-10H,2H2,1H3. The van der Waals surface area contributed by atoms with Crippen LogP contribution in [0.2, 0.25) is 0 Å². The van der Waals surface area contributed by atoms with Gasteiger partial charge in [0.1, 0.15) is 0 Å². The van der Waals surface area contributed by atoms with Crippen molar-refractivity contribution in [2.75, 3.05) is 0 Å². The molecule has 0 aliphatic rings. The van der Waals surface area contributed by atoms with Crippen molar-refractivity contribution < 1.29 is 31.5 Å². The number of hydrogen-bond acceptors (Lipinski definition) is 2. The molecule has 0 aromatic heterocycles. The zero-order chi connectivity index (χ0) is 20.4. The number of halogens is 5. The van der Waals surface area contributed by atoms with Crippen LogP contribution in [0.5, 0.6) is 5.75 Å². The number of ether oxygens (including phenoxy) is 1. The number of esters is 1. The second-order valence-corrected chi connectivity index (χ2v) is 5.92. The molecule has 0 aliphatic carbocycles. The fraction of sp³-hybridized carbons (Fsp3) is 0.0952. The van der Waals surface area contributed by atoms with Gasteiger partial charge in [-0.05, 0) is 35.2 Å². The Labute approximate surface area is 157 Å². The Morgan fingerprint density at radius 2 is 1.14 bits per heavy atom. The molecular formula is C21H13F5O2. The van der Waals surface area contributed by atoms with Crippen LogP contribution in [-0.2, 0) is 6.42 Å². The Hall–Kier alpha value is -3.22. The van der Waals surface area contributed by atoms with Gasteiger partial charge in [0.2, 0.25) is 34.8 Å². The summed E-state index contributed by atoms with van der Waals surface area (Å²) in [4.78, 5) is 12.1. The lowest BCUT2D eigenvalue weighted by atomic mass is 10.0. The molecule has 0 aliphatic heterocycles. The summed E-state index contributed by atoms with van der Waals surface area (Å²) in [6, 6.07) is 13.5. The molecule has 0 saturated carbocycles. The first-order valence-corrected chi connectivity index (χ1v) is 8.26. The minimum Gasteiger partial charge on any atom is -0.416 e. The molecule has 0 N–H and O–H groups in total. The molecule has 2 nitrogen and oxygen atoms in total. The zero-order valence-corrected chi connectivity index (χ0v) is 14.5. The highest BCUT2D eigenvalue weighted by molar-refractivity contribution is 5.91. The predicted octanol–water partition coefficient (Wildman–Crippen LogP) is 5.83. The van der Waals surface area contributed by atoms with Gasteiger partial charge in [-0.3, -0.25) is 0 Å². The normalized spacial score (nSPS) is 10.8. The van der Waals surface area contributed by atoms with Crippen LogP contribution in [0.25, 0.3) is 11.1 Å². The maximum atomic E-state index is 13.6. The maximum Gasteiger partial charge on any atom is 0.343 e. The summed E-state index contributed by atoms with van der Waals surface area (Å²) in [6.45, 7) is 2.03. The van der Waals surface area contributed by atoms with Crippen molar-refractivity contribution in [2.45, 2.75) is 13.3 Å². The van der Waals surface area contributed by atoms with E-state index in [2.05, 4.69) is 4.74 Å². The van der Waals surface area contributed by atoms with E-state index in [0.29, 0.717) is 0 Å². The van der Waals surface area contributed by atoms with Gasteiger partial charge in [0.15, 0.2) is 0 Å². The van der Waals surface area contributed by atoms with E-state index in [1.807, 2.05) is 31.2 Å². The van der Waals surface area contributed by atoms with Gasteiger partial charge in [0.25, 0.3) is 0 Å². The topological polar surface area (TPSA) is 26.3 Å². The molecule has 28 heavy (non-hydrogen) atoms. The summed E-state index contributed by atoms with van der Waals surface area (Å²) in [7, 11) is 0. The molecule has 0 fully saturated rings. The van der Waals surface area contributed by atoms with E-state index in [9.17, 15) is 26.7 Å².